The molecule has 0 spiro atoms. The standard InChI is InChI=1S/C10H13BN2O7S/c1-10(4-12-19-2)6(9(16)20-11)13-7(15)5(3-14)8(13)21(10,17)18/h4-6,8,14H,3H2,1-2H3/b12-4+/t5-,6?,8?,10+/m1/s1/i14T. The highest BCUT2D eigenvalue weighted by Crippen LogP contribution is 2.48. The molecule has 0 saturated carbocycles. The predicted molar refractivity (Wildman–Crippen MR) is 69.7 cm³/mol. The van der Waals surface area contributed by atoms with Crippen LogP contribution in [0, 0.1) is 5.92 Å². The van der Waals surface area contributed by atoms with E-state index in [1.807, 2.05) is 0 Å². The monoisotopic (exact) mass is 318 g/mol. The van der Waals surface area contributed by atoms with Crippen LogP contribution in [0.3, 0.4) is 0 Å². The minimum Gasteiger partial charge on any atom is -0.542 e. The zero-order valence-electron chi connectivity index (χ0n) is 12.3. The lowest BCUT2D eigenvalue weighted by Crippen LogP contribution is -2.64. The summed E-state index contributed by atoms with van der Waals surface area (Å²) in [5.74, 6) is -2.78. The molecule has 1 amide bonds. The average molecular weight is 318 g/mol. The molecule has 2 unspecified atom stereocenters. The van der Waals surface area contributed by atoms with E-state index in [1.165, 1.54) is 14.0 Å². The number of rotatable bonds is 5. The highest BCUT2D eigenvalue weighted by Gasteiger charge is 2.73. The number of fused-ring (bicyclic) bond motifs is 1. The molecule has 2 aliphatic heterocycles. The first-order valence-corrected chi connectivity index (χ1v) is 7.44. The fourth-order valence-electron chi connectivity index (χ4n) is 2.75. The summed E-state index contributed by atoms with van der Waals surface area (Å²) in [6.07, 6.45) is 0.925. The van der Waals surface area contributed by atoms with Gasteiger partial charge in [-0.2, -0.15) is 0 Å². The molecule has 0 aromatic rings. The van der Waals surface area contributed by atoms with E-state index in [0.717, 1.165) is 11.1 Å². The summed E-state index contributed by atoms with van der Waals surface area (Å²) in [4.78, 5) is 29.3. The van der Waals surface area contributed by atoms with Gasteiger partial charge < -0.3 is 19.5 Å². The number of amides is 1. The van der Waals surface area contributed by atoms with Crippen molar-refractivity contribution in [3.05, 3.63) is 0 Å². The van der Waals surface area contributed by atoms with Crippen molar-refractivity contribution in [3.8, 4) is 0 Å². The van der Waals surface area contributed by atoms with E-state index >= 15 is 0 Å². The number of sulfone groups is 1. The molecule has 114 valence electrons. The van der Waals surface area contributed by atoms with Crippen LogP contribution in [0.25, 0.3) is 0 Å². The second-order valence-corrected chi connectivity index (χ2v) is 7.35. The molecule has 2 aliphatic rings. The van der Waals surface area contributed by atoms with Crippen molar-refractivity contribution >= 4 is 36.0 Å². The number of hydrogen-bond acceptors (Lipinski definition) is 8. The Bertz CT molecular complexity index is 627. The van der Waals surface area contributed by atoms with Gasteiger partial charge in [0.15, 0.2) is 15.9 Å². The van der Waals surface area contributed by atoms with E-state index < -0.39 is 50.4 Å². The zero-order chi connectivity index (χ0) is 16.7. The van der Waals surface area contributed by atoms with Crippen molar-refractivity contribution in [2.24, 2.45) is 11.1 Å². The second kappa shape index (κ2) is 4.99. The maximum absolute atomic E-state index is 12.7. The van der Waals surface area contributed by atoms with Crippen LogP contribution >= 0.6 is 0 Å². The van der Waals surface area contributed by atoms with Gasteiger partial charge in [-0.25, -0.2) is 8.42 Å². The van der Waals surface area contributed by atoms with E-state index in [0.29, 0.717) is 0 Å². The first kappa shape index (κ1) is 14.3. The Hall–Kier alpha value is -1.62. The number of nitrogens with zero attached hydrogens (tertiary/aromatic N) is 2. The summed E-state index contributed by atoms with van der Waals surface area (Å²) in [5, 5.41) is 6.25. The first-order chi connectivity index (χ1) is 10.3. The number of aliphatic hydroxyl groups is 1. The Morgan fingerprint density at radius 1 is 1.71 bits per heavy atom. The molecule has 1 N–H and O–H groups in total. The van der Waals surface area contributed by atoms with Crippen LogP contribution in [0.4, 0.5) is 0 Å². The van der Waals surface area contributed by atoms with Gasteiger partial charge in [-0.15, -0.1) is 0 Å². The minimum atomic E-state index is -4.05. The predicted octanol–water partition coefficient (Wildman–Crippen LogP) is -2.42. The molecule has 0 aromatic carbocycles. The largest absolute Gasteiger partial charge is 0.542 e. The van der Waals surface area contributed by atoms with Gasteiger partial charge in [0.2, 0.25) is 7.34 Å². The minimum absolute atomic E-state index is 0.402. The topological polar surface area (TPSA) is 123 Å². The Morgan fingerprint density at radius 2 is 2.38 bits per heavy atom. The van der Waals surface area contributed by atoms with E-state index in [1.54, 1.807) is 0 Å². The molecule has 2 heterocycles. The summed E-state index contributed by atoms with van der Waals surface area (Å²) in [6, 6.07) is -1.49. The van der Waals surface area contributed by atoms with Gasteiger partial charge in [0, 0.05) is 0 Å². The van der Waals surface area contributed by atoms with Gasteiger partial charge in [0.25, 0.3) is 0 Å². The molecule has 2 radical (unpaired) electrons. The quantitative estimate of drug-likeness (QED) is 0.259. The Kier molecular flexibility index (Phi) is 3.40. The fourth-order valence-corrected chi connectivity index (χ4v) is 5.13. The van der Waals surface area contributed by atoms with Crippen molar-refractivity contribution < 1.29 is 32.6 Å². The first-order valence-electron chi connectivity index (χ1n) is 6.30. The Morgan fingerprint density at radius 3 is 2.90 bits per heavy atom. The molecule has 11 heteroatoms. The Balaban J connectivity index is 2.55. The fraction of sp³-hybridized carbons (Fsp3) is 0.700. The normalized spacial score (nSPS) is 37.8. The van der Waals surface area contributed by atoms with Crippen LogP contribution < -0.4 is 0 Å². The highest BCUT2D eigenvalue weighted by atomic mass is 32.2. The van der Waals surface area contributed by atoms with Crippen molar-refractivity contribution in [3.63, 3.8) is 0 Å². The third-order valence-electron chi connectivity index (χ3n) is 3.88. The third-order valence-corrected chi connectivity index (χ3v) is 6.62. The molecule has 0 bridgehead atoms. The van der Waals surface area contributed by atoms with Crippen LogP contribution in [0.2, 0.25) is 0 Å². The maximum atomic E-state index is 12.7. The van der Waals surface area contributed by atoms with E-state index in [-0.39, 0.29) is 0 Å². The summed E-state index contributed by atoms with van der Waals surface area (Å²) < 4.78 is 34.4. The molecule has 2 saturated heterocycles. The maximum Gasteiger partial charge on any atom is 0.378 e. The summed E-state index contributed by atoms with van der Waals surface area (Å²) in [7, 11) is 2.00. The molecule has 0 aliphatic carbocycles. The van der Waals surface area contributed by atoms with E-state index in [4.69, 9.17) is 9.48 Å². The van der Waals surface area contributed by atoms with E-state index in [2.05, 4.69) is 19.8 Å². The lowest BCUT2D eigenvalue weighted by atomic mass is 9.92. The molecule has 21 heavy (non-hydrogen) atoms. The van der Waals surface area contributed by atoms with Crippen LogP contribution in [-0.2, 0) is 28.9 Å². The molecule has 4 atom stereocenters. The van der Waals surface area contributed by atoms with Crippen LogP contribution in [0.1, 0.15) is 6.92 Å². The molecule has 9 nitrogen and oxygen atoms in total. The van der Waals surface area contributed by atoms with Gasteiger partial charge in [0.05, 0.1) is 18.7 Å². The molecule has 2 fully saturated rings. The summed E-state index contributed by atoms with van der Waals surface area (Å²) in [6.45, 7) is 0.817. The number of carbonyl (C=O) groups is 2. The Labute approximate surface area is 123 Å². The highest BCUT2D eigenvalue weighted by molar-refractivity contribution is 7.94. The lowest BCUT2D eigenvalue weighted by molar-refractivity contribution is -0.163. The van der Waals surface area contributed by atoms with Crippen molar-refractivity contribution in [2.45, 2.75) is 23.1 Å². The zero-order valence-corrected chi connectivity index (χ0v) is 12.1. The molecular weight excluding hydrogens is 303 g/mol. The summed E-state index contributed by atoms with van der Waals surface area (Å²) in [5.41, 5.74) is 0. The average Bonchev–Trinajstić information content (AvgIpc) is 2.64. The van der Waals surface area contributed by atoms with Crippen molar-refractivity contribution in [1.29, 1.82) is 1.43 Å². The number of carbonyl (C=O) groups excluding carboxylic acids is 2. The SMILES string of the molecule is [3H]OC[C@@H]1C(=O)N2C(C(=O)O[B])[C@](C)(/C=N/OC)S(=O)(=O)C12. The van der Waals surface area contributed by atoms with Crippen molar-refractivity contribution in [1.82, 2.24) is 4.90 Å². The van der Waals surface area contributed by atoms with Gasteiger partial charge in [-0.3, -0.25) is 9.59 Å². The third kappa shape index (κ3) is 1.80. The number of hydrogen-bond donors (Lipinski definition) is 1. The molecule has 2 rings (SSSR count). The van der Waals surface area contributed by atoms with Gasteiger partial charge in [0.1, 0.15) is 17.2 Å². The van der Waals surface area contributed by atoms with Crippen molar-refractivity contribution in [2.75, 3.05) is 13.7 Å². The van der Waals surface area contributed by atoms with Crippen LogP contribution in [0.5, 0.6) is 0 Å². The van der Waals surface area contributed by atoms with E-state index in [9.17, 15) is 18.0 Å². The molecular formula is C10H13BN2O7S. The van der Waals surface area contributed by atoms with Crippen LogP contribution in [-0.4, -0.2) is 75.9 Å². The lowest BCUT2D eigenvalue weighted by Gasteiger charge is -2.42. The van der Waals surface area contributed by atoms with Crippen LogP contribution in [0.15, 0.2) is 5.16 Å². The number of oxime groups is 1. The van der Waals surface area contributed by atoms with Gasteiger partial charge >= 0.3 is 14.0 Å². The number of aliphatic hydroxyl groups excluding tert-OH is 1. The van der Waals surface area contributed by atoms with Gasteiger partial charge in [-0.05, 0) is 6.92 Å². The number of β-lactam (4-membered cyclic amide) rings is 1. The second-order valence-electron chi connectivity index (χ2n) is 4.89. The summed E-state index contributed by atoms with van der Waals surface area (Å²) >= 11 is 0. The molecule has 0 aromatic heterocycles. The smallest absolute Gasteiger partial charge is 0.378 e. The van der Waals surface area contributed by atoms with Gasteiger partial charge in [-0.1, -0.05) is 5.16 Å².